The molecular weight excluding hydrogens is 419 g/mol. The Morgan fingerprint density at radius 1 is 1.21 bits per heavy atom. The third-order valence-electron chi connectivity index (χ3n) is 3.16. The zero-order valence-corrected chi connectivity index (χ0v) is 15.3. The van der Waals surface area contributed by atoms with Gasteiger partial charge in [0, 0.05) is 5.69 Å². The van der Waals surface area contributed by atoms with Crippen molar-refractivity contribution >= 4 is 40.3 Å². The Labute approximate surface area is 154 Å². The Morgan fingerprint density at radius 3 is 2.50 bits per heavy atom. The Kier molecular flexibility index (Phi) is 6.21. The monoisotopic (exact) mass is 434 g/mol. The summed E-state index contributed by atoms with van der Waals surface area (Å²) in [6, 6.07) is 14.4. The molecule has 0 heterocycles. The molecule has 0 radical (unpaired) electrons. The van der Waals surface area contributed by atoms with Gasteiger partial charge in [0.1, 0.15) is 11.6 Å². The van der Waals surface area contributed by atoms with Gasteiger partial charge in [-0.1, -0.05) is 18.2 Å². The SMILES string of the molecule is COc1cc(/C=C(/C#N)C(=O)Nc2ccccc2)cc(I)c1OC. The third kappa shape index (κ3) is 4.26. The lowest BCUT2D eigenvalue weighted by molar-refractivity contribution is -0.112. The summed E-state index contributed by atoms with van der Waals surface area (Å²) in [7, 11) is 3.10. The highest BCUT2D eigenvalue weighted by molar-refractivity contribution is 14.1. The van der Waals surface area contributed by atoms with Crippen molar-refractivity contribution in [1.29, 1.82) is 5.26 Å². The van der Waals surface area contributed by atoms with Gasteiger partial charge in [-0.25, -0.2) is 0 Å². The average molecular weight is 434 g/mol. The van der Waals surface area contributed by atoms with Crippen molar-refractivity contribution in [2.45, 2.75) is 0 Å². The van der Waals surface area contributed by atoms with Gasteiger partial charge in [0.15, 0.2) is 11.5 Å². The van der Waals surface area contributed by atoms with E-state index in [9.17, 15) is 10.1 Å². The summed E-state index contributed by atoms with van der Waals surface area (Å²) in [5, 5.41) is 12.0. The fraction of sp³-hybridized carbons (Fsp3) is 0.111. The molecule has 0 aliphatic carbocycles. The number of methoxy groups -OCH3 is 2. The van der Waals surface area contributed by atoms with Crippen molar-refractivity contribution in [3.63, 3.8) is 0 Å². The van der Waals surface area contributed by atoms with Gasteiger partial charge in [0.05, 0.1) is 17.8 Å². The summed E-state index contributed by atoms with van der Waals surface area (Å²) < 4.78 is 11.4. The lowest BCUT2D eigenvalue weighted by Crippen LogP contribution is -2.13. The fourth-order valence-electron chi connectivity index (χ4n) is 2.06. The van der Waals surface area contributed by atoms with Gasteiger partial charge >= 0.3 is 0 Å². The molecule has 24 heavy (non-hydrogen) atoms. The van der Waals surface area contributed by atoms with E-state index in [1.165, 1.54) is 13.2 Å². The first-order valence-corrected chi connectivity index (χ1v) is 8.06. The number of hydrogen-bond donors (Lipinski definition) is 1. The van der Waals surface area contributed by atoms with Crippen LogP contribution in [0.15, 0.2) is 48.0 Å². The Balaban J connectivity index is 2.32. The first-order valence-electron chi connectivity index (χ1n) is 6.98. The molecule has 0 spiro atoms. The Bertz CT molecular complexity index is 811. The topological polar surface area (TPSA) is 71.3 Å². The van der Waals surface area contributed by atoms with E-state index in [1.807, 2.05) is 30.3 Å². The predicted octanol–water partition coefficient (Wildman–Crippen LogP) is 3.85. The first-order chi connectivity index (χ1) is 11.6. The second kappa shape index (κ2) is 8.36. The second-order valence-electron chi connectivity index (χ2n) is 4.73. The molecule has 0 unspecified atom stereocenters. The molecule has 1 N–H and O–H groups in total. The molecule has 122 valence electrons. The summed E-state index contributed by atoms with van der Waals surface area (Å²) in [6.45, 7) is 0. The number of nitrogens with one attached hydrogen (secondary N) is 1. The highest BCUT2D eigenvalue weighted by atomic mass is 127. The molecule has 6 heteroatoms. The number of carbonyl (C=O) groups is 1. The van der Waals surface area contributed by atoms with Gasteiger partial charge < -0.3 is 14.8 Å². The molecule has 0 saturated heterocycles. The Hall–Kier alpha value is -2.53. The van der Waals surface area contributed by atoms with Crippen LogP contribution in [-0.4, -0.2) is 20.1 Å². The van der Waals surface area contributed by atoms with E-state index in [0.717, 1.165) is 3.57 Å². The molecule has 0 atom stereocenters. The van der Waals surface area contributed by atoms with Crippen LogP contribution in [0, 0.1) is 14.9 Å². The van der Waals surface area contributed by atoms with Gasteiger partial charge in [0.2, 0.25) is 0 Å². The second-order valence-corrected chi connectivity index (χ2v) is 5.89. The van der Waals surface area contributed by atoms with Crippen LogP contribution in [0.3, 0.4) is 0 Å². The van der Waals surface area contributed by atoms with Crippen molar-refractivity contribution < 1.29 is 14.3 Å². The summed E-state index contributed by atoms with van der Waals surface area (Å²) in [5.74, 6) is 0.687. The molecule has 0 aromatic heterocycles. The molecule has 0 bridgehead atoms. The summed E-state index contributed by atoms with van der Waals surface area (Å²) in [5.41, 5.74) is 1.31. The van der Waals surface area contributed by atoms with E-state index in [2.05, 4.69) is 27.9 Å². The Morgan fingerprint density at radius 2 is 1.92 bits per heavy atom. The van der Waals surface area contributed by atoms with Crippen LogP contribution < -0.4 is 14.8 Å². The number of ether oxygens (including phenoxy) is 2. The maximum absolute atomic E-state index is 12.3. The molecule has 0 aliphatic rings. The smallest absolute Gasteiger partial charge is 0.266 e. The maximum Gasteiger partial charge on any atom is 0.266 e. The number of carbonyl (C=O) groups excluding carboxylic acids is 1. The van der Waals surface area contributed by atoms with Gasteiger partial charge in [-0.15, -0.1) is 0 Å². The van der Waals surface area contributed by atoms with E-state index in [1.54, 1.807) is 25.3 Å². The van der Waals surface area contributed by atoms with Crippen molar-refractivity contribution in [3.05, 3.63) is 57.2 Å². The number of nitriles is 1. The van der Waals surface area contributed by atoms with Gasteiger partial charge in [-0.3, -0.25) is 4.79 Å². The molecule has 2 aromatic rings. The van der Waals surface area contributed by atoms with Crippen molar-refractivity contribution in [1.82, 2.24) is 0 Å². The first kappa shape index (κ1) is 17.8. The molecule has 1 amide bonds. The van der Waals surface area contributed by atoms with Gasteiger partial charge in [-0.2, -0.15) is 5.26 Å². The number of rotatable bonds is 5. The van der Waals surface area contributed by atoms with Crippen LogP contribution in [0.25, 0.3) is 6.08 Å². The van der Waals surface area contributed by atoms with E-state index in [-0.39, 0.29) is 5.57 Å². The quantitative estimate of drug-likeness (QED) is 0.441. The molecule has 0 fully saturated rings. The standard InChI is InChI=1S/C18H15IN2O3/c1-23-16-10-12(9-15(19)17(16)24-2)8-13(11-20)18(22)21-14-6-4-3-5-7-14/h3-10H,1-2H3,(H,21,22)/b13-8-. The third-order valence-corrected chi connectivity index (χ3v) is 3.96. The predicted molar refractivity (Wildman–Crippen MR) is 101 cm³/mol. The average Bonchev–Trinajstić information content (AvgIpc) is 2.59. The summed E-state index contributed by atoms with van der Waals surface area (Å²) in [4.78, 5) is 12.3. The number of hydrogen-bond acceptors (Lipinski definition) is 4. The summed E-state index contributed by atoms with van der Waals surface area (Å²) >= 11 is 2.11. The maximum atomic E-state index is 12.3. The van der Waals surface area contributed by atoms with Crippen LogP contribution in [0.2, 0.25) is 0 Å². The van der Waals surface area contributed by atoms with Crippen molar-refractivity contribution in [2.75, 3.05) is 19.5 Å². The van der Waals surface area contributed by atoms with Crippen LogP contribution in [0.1, 0.15) is 5.56 Å². The lowest BCUT2D eigenvalue weighted by Gasteiger charge is -2.11. The molecule has 0 aliphatic heterocycles. The van der Waals surface area contributed by atoms with E-state index >= 15 is 0 Å². The number of benzene rings is 2. The molecule has 2 rings (SSSR count). The van der Waals surface area contributed by atoms with Crippen molar-refractivity contribution in [2.24, 2.45) is 0 Å². The van der Waals surface area contributed by atoms with E-state index < -0.39 is 5.91 Å². The van der Waals surface area contributed by atoms with Gasteiger partial charge in [-0.05, 0) is 58.5 Å². The molecular formula is C18H15IN2O3. The number of halogens is 1. The van der Waals surface area contributed by atoms with E-state index in [0.29, 0.717) is 22.7 Å². The van der Waals surface area contributed by atoms with Crippen LogP contribution >= 0.6 is 22.6 Å². The van der Waals surface area contributed by atoms with Crippen LogP contribution in [-0.2, 0) is 4.79 Å². The highest BCUT2D eigenvalue weighted by Crippen LogP contribution is 2.34. The number of nitrogens with zero attached hydrogens (tertiary/aromatic N) is 1. The van der Waals surface area contributed by atoms with Crippen LogP contribution in [0.5, 0.6) is 11.5 Å². The minimum Gasteiger partial charge on any atom is -0.493 e. The van der Waals surface area contributed by atoms with Gasteiger partial charge in [0.25, 0.3) is 5.91 Å². The van der Waals surface area contributed by atoms with E-state index in [4.69, 9.17) is 9.47 Å². The van der Waals surface area contributed by atoms with Crippen LogP contribution in [0.4, 0.5) is 5.69 Å². The zero-order chi connectivity index (χ0) is 17.5. The lowest BCUT2D eigenvalue weighted by atomic mass is 10.1. The number of para-hydroxylation sites is 1. The largest absolute Gasteiger partial charge is 0.493 e. The molecule has 2 aromatic carbocycles. The normalized spacial score (nSPS) is 10.7. The number of amides is 1. The number of anilines is 1. The summed E-state index contributed by atoms with van der Waals surface area (Å²) in [6.07, 6.45) is 1.52. The zero-order valence-electron chi connectivity index (χ0n) is 13.2. The van der Waals surface area contributed by atoms with Crippen molar-refractivity contribution in [3.8, 4) is 17.6 Å². The highest BCUT2D eigenvalue weighted by Gasteiger charge is 2.13. The molecule has 0 saturated carbocycles. The fourth-order valence-corrected chi connectivity index (χ4v) is 2.90. The minimum absolute atomic E-state index is 0.00173. The minimum atomic E-state index is -0.464. The molecule has 5 nitrogen and oxygen atoms in total.